The first kappa shape index (κ1) is 14.2. The van der Waals surface area contributed by atoms with Crippen LogP contribution in [0.25, 0.3) is 0 Å². The highest BCUT2D eigenvalue weighted by Crippen LogP contribution is 2.29. The first-order valence-electron chi connectivity index (χ1n) is 6.47. The van der Waals surface area contributed by atoms with Crippen molar-refractivity contribution < 1.29 is 0 Å². The lowest BCUT2D eigenvalue weighted by Gasteiger charge is -2.20. The first-order valence-corrected chi connectivity index (χ1v) is 7.23. The van der Waals surface area contributed by atoms with Gasteiger partial charge in [0.15, 0.2) is 0 Å². The summed E-state index contributed by atoms with van der Waals surface area (Å²) in [7, 11) is 0. The fourth-order valence-electron chi connectivity index (χ4n) is 2.07. The molecule has 0 spiro atoms. The molecule has 3 heteroatoms. The lowest BCUT2D eigenvalue weighted by Crippen LogP contribution is -2.10. The van der Waals surface area contributed by atoms with E-state index in [9.17, 15) is 0 Å². The van der Waals surface area contributed by atoms with E-state index in [4.69, 9.17) is 23.2 Å². The van der Waals surface area contributed by atoms with Gasteiger partial charge in [-0.05, 0) is 36.2 Å². The fraction of sp³-hybridized carbons (Fsp3) is 0.250. The summed E-state index contributed by atoms with van der Waals surface area (Å²) in [6.45, 7) is 2.18. The number of halogens is 2. The molecule has 0 fully saturated rings. The molecule has 0 saturated carbocycles. The molecule has 1 nitrogen and oxygen atoms in total. The van der Waals surface area contributed by atoms with Crippen molar-refractivity contribution in [1.29, 1.82) is 0 Å². The zero-order chi connectivity index (χ0) is 13.7. The lowest BCUT2D eigenvalue weighted by atomic mass is 10.0. The average Bonchev–Trinajstić information content (AvgIpc) is 2.42. The molecule has 0 heterocycles. The van der Waals surface area contributed by atoms with Gasteiger partial charge < -0.3 is 5.32 Å². The standard InChI is InChI=1S/C16H17Cl2N/c1-2-5-15(12-8-10-13(17)11-9-12)19-16-7-4-3-6-14(16)18/h3-4,6-11,15,19H,2,5H2,1H3. The van der Waals surface area contributed by atoms with Crippen molar-refractivity contribution in [3.63, 3.8) is 0 Å². The summed E-state index contributed by atoms with van der Waals surface area (Å²) in [5.74, 6) is 0. The molecular formula is C16H17Cl2N. The SMILES string of the molecule is CCCC(Nc1ccccc1Cl)c1ccc(Cl)cc1. The van der Waals surface area contributed by atoms with Gasteiger partial charge >= 0.3 is 0 Å². The van der Waals surface area contributed by atoms with Crippen molar-refractivity contribution in [2.24, 2.45) is 0 Å². The van der Waals surface area contributed by atoms with Gasteiger partial charge in [0.25, 0.3) is 0 Å². The van der Waals surface area contributed by atoms with Gasteiger partial charge in [0, 0.05) is 5.02 Å². The van der Waals surface area contributed by atoms with Crippen LogP contribution in [0.15, 0.2) is 48.5 Å². The number of hydrogen-bond acceptors (Lipinski definition) is 1. The monoisotopic (exact) mass is 293 g/mol. The van der Waals surface area contributed by atoms with Gasteiger partial charge in [-0.15, -0.1) is 0 Å². The quantitative estimate of drug-likeness (QED) is 0.718. The highest BCUT2D eigenvalue weighted by atomic mass is 35.5. The van der Waals surface area contributed by atoms with Crippen LogP contribution in [-0.4, -0.2) is 0 Å². The van der Waals surface area contributed by atoms with E-state index in [-0.39, 0.29) is 6.04 Å². The topological polar surface area (TPSA) is 12.0 Å². The van der Waals surface area contributed by atoms with E-state index in [0.29, 0.717) is 0 Å². The predicted molar refractivity (Wildman–Crippen MR) is 84.2 cm³/mol. The van der Waals surface area contributed by atoms with Gasteiger partial charge in [0.05, 0.1) is 16.8 Å². The second kappa shape index (κ2) is 6.83. The molecule has 0 radical (unpaired) electrons. The van der Waals surface area contributed by atoms with Crippen LogP contribution in [0.2, 0.25) is 10.0 Å². The lowest BCUT2D eigenvalue weighted by molar-refractivity contribution is 0.678. The maximum absolute atomic E-state index is 6.20. The number of hydrogen-bond donors (Lipinski definition) is 1. The minimum atomic E-state index is 0.252. The van der Waals surface area contributed by atoms with E-state index in [1.165, 1.54) is 5.56 Å². The minimum absolute atomic E-state index is 0.252. The van der Waals surface area contributed by atoms with Crippen LogP contribution < -0.4 is 5.32 Å². The van der Waals surface area contributed by atoms with Gasteiger partial charge in [-0.1, -0.05) is 60.8 Å². The Bertz CT molecular complexity index is 523. The molecule has 19 heavy (non-hydrogen) atoms. The van der Waals surface area contributed by atoms with Crippen LogP contribution >= 0.6 is 23.2 Å². The first-order chi connectivity index (χ1) is 9.20. The van der Waals surface area contributed by atoms with Gasteiger partial charge in [-0.25, -0.2) is 0 Å². The van der Waals surface area contributed by atoms with Gasteiger partial charge in [0.1, 0.15) is 0 Å². The molecule has 0 aromatic heterocycles. The van der Waals surface area contributed by atoms with E-state index >= 15 is 0 Å². The summed E-state index contributed by atoms with van der Waals surface area (Å²) in [6, 6.07) is 16.0. The third-order valence-corrected chi connectivity index (χ3v) is 3.63. The Labute approximate surface area is 124 Å². The molecule has 2 rings (SSSR count). The number of benzene rings is 2. The van der Waals surface area contributed by atoms with Crippen LogP contribution in [0, 0.1) is 0 Å². The molecule has 2 aromatic carbocycles. The normalized spacial score (nSPS) is 12.2. The Kier molecular flexibility index (Phi) is 5.12. The summed E-state index contributed by atoms with van der Waals surface area (Å²) in [5.41, 5.74) is 2.20. The minimum Gasteiger partial charge on any atom is -0.377 e. The molecule has 0 saturated heterocycles. The van der Waals surface area contributed by atoms with Crippen LogP contribution in [0.4, 0.5) is 5.69 Å². The van der Waals surface area contributed by atoms with Gasteiger partial charge in [-0.2, -0.15) is 0 Å². The zero-order valence-electron chi connectivity index (χ0n) is 10.9. The van der Waals surface area contributed by atoms with Gasteiger partial charge in [-0.3, -0.25) is 0 Å². The maximum Gasteiger partial charge on any atom is 0.0637 e. The van der Waals surface area contributed by atoms with Crippen molar-refractivity contribution in [2.75, 3.05) is 5.32 Å². The van der Waals surface area contributed by atoms with Crippen molar-refractivity contribution in [3.05, 3.63) is 64.1 Å². The van der Waals surface area contributed by atoms with Crippen molar-refractivity contribution in [2.45, 2.75) is 25.8 Å². The third-order valence-electron chi connectivity index (χ3n) is 3.05. The van der Waals surface area contributed by atoms with Crippen molar-refractivity contribution >= 4 is 28.9 Å². The molecule has 0 amide bonds. The summed E-state index contributed by atoms with van der Waals surface area (Å²) < 4.78 is 0. The molecule has 2 aromatic rings. The highest BCUT2D eigenvalue weighted by molar-refractivity contribution is 6.33. The van der Waals surface area contributed by atoms with E-state index in [2.05, 4.69) is 24.4 Å². The second-order valence-corrected chi connectivity index (χ2v) is 5.36. The Hall–Kier alpha value is -1.18. The summed E-state index contributed by atoms with van der Waals surface area (Å²) >= 11 is 12.1. The summed E-state index contributed by atoms with van der Waals surface area (Å²) in [5, 5.41) is 5.02. The molecule has 0 aliphatic rings. The fourth-order valence-corrected chi connectivity index (χ4v) is 2.39. The Morgan fingerprint density at radius 2 is 1.68 bits per heavy atom. The van der Waals surface area contributed by atoms with Crippen LogP contribution in [0.1, 0.15) is 31.4 Å². The predicted octanol–water partition coefficient (Wildman–Crippen LogP) is 5.95. The second-order valence-electron chi connectivity index (χ2n) is 4.52. The molecule has 0 aliphatic heterocycles. The van der Waals surface area contributed by atoms with E-state index in [0.717, 1.165) is 28.6 Å². The molecule has 0 aliphatic carbocycles. The number of rotatable bonds is 5. The van der Waals surface area contributed by atoms with Crippen LogP contribution in [0.3, 0.4) is 0 Å². The number of anilines is 1. The number of nitrogens with one attached hydrogen (secondary N) is 1. The molecular weight excluding hydrogens is 277 g/mol. The average molecular weight is 294 g/mol. The third kappa shape index (κ3) is 3.89. The van der Waals surface area contributed by atoms with Crippen LogP contribution in [0.5, 0.6) is 0 Å². The Balaban J connectivity index is 2.21. The van der Waals surface area contributed by atoms with Crippen molar-refractivity contribution in [3.8, 4) is 0 Å². The molecule has 1 atom stereocenters. The largest absolute Gasteiger partial charge is 0.377 e. The molecule has 100 valence electrons. The molecule has 1 unspecified atom stereocenters. The smallest absolute Gasteiger partial charge is 0.0637 e. The maximum atomic E-state index is 6.20. The molecule has 1 N–H and O–H groups in total. The molecule has 0 bridgehead atoms. The van der Waals surface area contributed by atoms with E-state index in [1.807, 2.05) is 36.4 Å². The van der Waals surface area contributed by atoms with Crippen LogP contribution in [-0.2, 0) is 0 Å². The van der Waals surface area contributed by atoms with Gasteiger partial charge in [0.2, 0.25) is 0 Å². The Morgan fingerprint density at radius 3 is 2.32 bits per heavy atom. The summed E-state index contributed by atoms with van der Waals surface area (Å²) in [6.07, 6.45) is 2.15. The highest BCUT2D eigenvalue weighted by Gasteiger charge is 2.11. The zero-order valence-corrected chi connectivity index (χ0v) is 12.4. The van der Waals surface area contributed by atoms with E-state index < -0.39 is 0 Å². The Morgan fingerprint density at radius 1 is 1.00 bits per heavy atom. The van der Waals surface area contributed by atoms with Crippen molar-refractivity contribution in [1.82, 2.24) is 0 Å². The summed E-state index contributed by atoms with van der Waals surface area (Å²) in [4.78, 5) is 0. The van der Waals surface area contributed by atoms with E-state index in [1.54, 1.807) is 0 Å². The number of para-hydroxylation sites is 1.